The minimum atomic E-state index is -0.281. The van der Waals surface area contributed by atoms with Gasteiger partial charge in [0.15, 0.2) is 5.11 Å². The lowest BCUT2D eigenvalue weighted by atomic mass is 10.0. The van der Waals surface area contributed by atoms with Gasteiger partial charge in [-0.05, 0) is 78.9 Å². The summed E-state index contributed by atoms with van der Waals surface area (Å²) >= 11 is 12.2. The van der Waals surface area contributed by atoms with E-state index in [1.165, 1.54) is 12.1 Å². The molecular weight excluding hydrogens is 459 g/mol. The molecule has 0 spiro atoms. The summed E-state index contributed by atoms with van der Waals surface area (Å²) in [6.07, 6.45) is 3.72. The number of hydrogen-bond donors (Lipinski definition) is 1. The maximum absolute atomic E-state index is 13.6. The predicted molar refractivity (Wildman–Crippen MR) is 132 cm³/mol. The number of nitrogens with zero attached hydrogens (tertiary/aromatic N) is 3. The van der Waals surface area contributed by atoms with Gasteiger partial charge in [-0.3, -0.25) is 4.98 Å². The van der Waals surface area contributed by atoms with Gasteiger partial charge in [-0.2, -0.15) is 0 Å². The fourth-order valence-corrected chi connectivity index (χ4v) is 4.81. The fraction of sp³-hybridized carbons (Fsp3) is 0.120. The Balaban J connectivity index is 1.66. The van der Waals surface area contributed by atoms with E-state index in [1.807, 2.05) is 64.2 Å². The average molecular weight is 479 g/mol. The summed E-state index contributed by atoms with van der Waals surface area (Å²) in [6.45, 7) is 0. The van der Waals surface area contributed by atoms with Gasteiger partial charge < -0.3 is 19.5 Å². The molecule has 2 aromatic carbocycles. The molecule has 1 aliphatic rings. The zero-order valence-electron chi connectivity index (χ0n) is 17.7. The van der Waals surface area contributed by atoms with E-state index in [-0.39, 0.29) is 17.9 Å². The zero-order valence-corrected chi connectivity index (χ0v) is 19.2. The van der Waals surface area contributed by atoms with Crippen LogP contribution in [0, 0.1) is 5.82 Å². The van der Waals surface area contributed by atoms with Crippen molar-refractivity contribution in [3.05, 3.63) is 107 Å². The number of halogens is 2. The van der Waals surface area contributed by atoms with E-state index in [2.05, 4.69) is 10.3 Å². The summed E-state index contributed by atoms with van der Waals surface area (Å²) < 4.78 is 20.9. The molecule has 2 aromatic heterocycles. The van der Waals surface area contributed by atoms with Crippen LogP contribution in [0.4, 0.5) is 10.1 Å². The first-order chi connectivity index (χ1) is 16.1. The van der Waals surface area contributed by atoms with Crippen LogP contribution in [0.3, 0.4) is 0 Å². The lowest BCUT2D eigenvalue weighted by molar-refractivity contribution is 0.415. The van der Waals surface area contributed by atoms with E-state index in [0.29, 0.717) is 15.9 Å². The van der Waals surface area contributed by atoms with Crippen molar-refractivity contribution in [3.8, 4) is 11.4 Å². The van der Waals surface area contributed by atoms with E-state index < -0.39 is 0 Å². The van der Waals surface area contributed by atoms with Crippen LogP contribution < -0.4 is 15.0 Å². The van der Waals surface area contributed by atoms with Gasteiger partial charge in [-0.1, -0.05) is 17.7 Å². The summed E-state index contributed by atoms with van der Waals surface area (Å²) in [4.78, 5) is 6.63. The Morgan fingerprint density at radius 2 is 1.82 bits per heavy atom. The minimum Gasteiger partial charge on any atom is -0.495 e. The molecule has 0 saturated carbocycles. The van der Waals surface area contributed by atoms with Crippen molar-refractivity contribution in [3.63, 3.8) is 0 Å². The molecule has 8 heteroatoms. The van der Waals surface area contributed by atoms with Crippen molar-refractivity contribution >= 4 is 34.6 Å². The third kappa shape index (κ3) is 3.94. The van der Waals surface area contributed by atoms with Crippen LogP contribution in [0.1, 0.15) is 23.5 Å². The van der Waals surface area contributed by atoms with E-state index in [4.69, 9.17) is 28.6 Å². The molecule has 0 radical (unpaired) electrons. The van der Waals surface area contributed by atoms with Gasteiger partial charge in [-0.25, -0.2) is 4.39 Å². The number of pyridine rings is 1. The molecule has 166 valence electrons. The lowest BCUT2D eigenvalue weighted by Crippen LogP contribution is -2.30. The van der Waals surface area contributed by atoms with Gasteiger partial charge in [0, 0.05) is 29.5 Å². The number of aromatic nitrogens is 2. The standard InChI is InChI=1S/C25H20ClFN4OS/c1-32-22-12-11-18(15-19(22)26)31-24(23(29-25(31)33)20-5-2-3-13-28-20)21-6-4-14-30(21)17-9-7-16(27)8-10-17/h2-15,23-24H,1H3,(H,29,33). The van der Waals surface area contributed by atoms with Crippen LogP contribution in [0.5, 0.6) is 5.75 Å². The highest BCUT2D eigenvalue weighted by Gasteiger charge is 2.42. The maximum atomic E-state index is 13.6. The molecule has 2 atom stereocenters. The first-order valence-corrected chi connectivity index (χ1v) is 11.1. The number of ether oxygens (including phenoxy) is 1. The number of nitrogens with one attached hydrogen (secondary N) is 1. The molecule has 0 bridgehead atoms. The second-order valence-corrected chi connectivity index (χ2v) is 8.39. The Labute approximate surface area is 201 Å². The molecule has 2 unspecified atom stereocenters. The van der Waals surface area contributed by atoms with E-state index in [1.54, 1.807) is 25.4 Å². The molecule has 1 fully saturated rings. The predicted octanol–water partition coefficient (Wildman–Crippen LogP) is 5.85. The molecule has 33 heavy (non-hydrogen) atoms. The normalized spacial score (nSPS) is 17.8. The number of methoxy groups -OCH3 is 1. The van der Waals surface area contributed by atoms with E-state index in [9.17, 15) is 4.39 Å². The van der Waals surface area contributed by atoms with Crippen LogP contribution in [0.25, 0.3) is 5.69 Å². The summed E-state index contributed by atoms with van der Waals surface area (Å²) in [5.74, 6) is 0.308. The number of benzene rings is 2. The van der Waals surface area contributed by atoms with Gasteiger partial charge in [0.25, 0.3) is 0 Å². The number of rotatable bonds is 5. The highest BCUT2D eigenvalue weighted by atomic mass is 35.5. The van der Waals surface area contributed by atoms with Crippen LogP contribution in [0.2, 0.25) is 5.02 Å². The third-order valence-electron chi connectivity index (χ3n) is 5.70. The van der Waals surface area contributed by atoms with Crippen LogP contribution in [-0.2, 0) is 0 Å². The van der Waals surface area contributed by atoms with Gasteiger partial charge in [-0.15, -0.1) is 0 Å². The van der Waals surface area contributed by atoms with Crippen LogP contribution in [-0.4, -0.2) is 21.8 Å². The van der Waals surface area contributed by atoms with E-state index >= 15 is 0 Å². The summed E-state index contributed by atoms with van der Waals surface area (Å²) in [5.41, 5.74) is 3.51. The largest absolute Gasteiger partial charge is 0.495 e. The molecule has 0 aliphatic carbocycles. The van der Waals surface area contributed by atoms with Gasteiger partial charge in [0.1, 0.15) is 17.6 Å². The zero-order chi connectivity index (χ0) is 22.9. The number of anilines is 1. The van der Waals surface area contributed by atoms with Crippen molar-refractivity contribution in [2.24, 2.45) is 0 Å². The Hall–Kier alpha value is -3.42. The van der Waals surface area contributed by atoms with Crippen molar-refractivity contribution in [1.29, 1.82) is 0 Å². The van der Waals surface area contributed by atoms with Crippen LogP contribution >= 0.6 is 23.8 Å². The highest BCUT2D eigenvalue weighted by molar-refractivity contribution is 7.80. The van der Waals surface area contributed by atoms with Gasteiger partial charge in [0.05, 0.1) is 23.9 Å². The Kier molecular flexibility index (Phi) is 5.74. The lowest BCUT2D eigenvalue weighted by Gasteiger charge is -2.29. The Bertz CT molecular complexity index is 1300. The molecular formula is C25H20ClFN4OS. The molecule has 1 N–H and O–H groups in total. The van der Waals surface area contributed by atoms with Gasteiger partial charge >= 0.3 is 0 Å². The molecule has 5 rings (SSSR count). The molecule has 1 saturated heterocycles. The highest BCUT2D eigenvalue weighted by Crippen LogP contribution is 2.43. The molecule has 1 aliphatic heterocycles. The van der Waals surface area contributed by atoms with Crippen molar-refractivity contribution < 1.29 is 9.13 Å². The first-order valence-electron chi connectivity index (χ1n) is 10.3. The van der Waals surface area contributed by atoms with Crippen molar-refractivity contribution in [2.45, 2.75) is 12.1 Å². The Morgan fingerprint density at radius 1 is 1.03 bits per heavy atom. The van der Waals surface area contributed by atoms with E-state index in [0.717, 1.165) is 22.8 Å². The quantitative estimate of drug-likeness (QED) is 0.364. The summed E-state index contributed by atoms with van der Waals surface area (Å²) in [7, 11) is 1.58. The molecule has 4 aromatic rings. The average Bonchev–Trinajstić information content (AvgIpc) is 3.44. The monoisotopic (exact) mass is 478 g/mol. The SMILES string of the molecule is COc1ccc(N2C(=S)NC(c3ccccn3)C2c2cccn2-c2ccc(F)cc2)cc1Cl. The Morgan fingerprint density at radius 3 is 2.52 bits per heavy atom. The molecule has 3 heterocycles. The van der Waals surface area contributed by atoms with Crippen molar-refractivity contribution in [2.75, 3.05) is 12.0 Å². The second-order valence-electron chi connectivity index (χ2n) is 7.59. The molecule has 0 amide bonds. The maximum Gasteiger partial charge on any atom is 0.174 e. The summed E-state index contributed by atoms with van der Waals surface area (Å²) in [5, 5.41) is 4.49. The van der Waals surface area contributed by atoms with Crippen LogP contribution in [0.15, 0.2) is 85.2 Å². The summed E-state index contributed by atoms with van der Waals surface area (Å²) in [6, 6.07) is 21.4. The smallest absolute Gasteiger partial charge is 0.174 e. The molecule has 5 nitrogen and oxygen atoms in total. The third-order valence-corrected chi connectivity index (χ3v) is 6.31. The van der Waals surface area contributed by atoms with Gasteiger partial charge in [0.2, 0.25) is 0 Å². The second kappa shape index (κ2) is 8.84. The topological polar surface area (TPSA) is 42.3 Å². The fourth-order valence-electron chi connectivity index (χ4n) is 4.21. The minimum absolute atomic E-state index is 0.214. The first kappa shape index (κ1) is 21.4. The number of thiocarbonyl (C=S) groups is 1. The van der Waals surface area contributed by atoms with Crippen molar-refractivity contribution in [1.82, 2.24) is 14.9 Å². The number of hydrogen-bond acceptors (Lipinski definition) is 3.